The van der Waals surface area contributed by atoms with Crippen LogP contribution in [0.25, 0.3) is 5.69 Å². The van der Waals surface area contributed by atoms with Gasteiger partial charge in [0, 0.05) is 12.7 Å². The van der Waals surface area contributed by atoms with Crippen LogP contribution in [-0.2, 0) is 22.6 Å². The number of benzene rings is 1. The number of amides is 2. The molecule has 0 bridgehead atoms. The Balaban J connectivity index is 1.39. The SMILES string of the molecule is NC(Cc1ccccc1)C(=O)N1CCCC1C(=O)NCc1ncccc1-n1cnnn1. The van der Waals surface area contributed by atoms with E-state index in [0.717, 1.165) is 12.0 Å². The molecule has 1 saturated heterocycles. The van der Waals surface area contributed by atoms with E-state index in [1.807, 2.05) is 36.4 Å². The summed E-state index contributed by atoms with van der Waals surface area (Å²) < 4.78 is 1.49. The molecular weight excluding hydrogens is 396 g/mol. The molecule has 0 radical (unpaired) electrons. The fraction of sp³-hybridized carbons (Fsp3) is 0.333. The van der Waals surface area contributed by atoms with Crippen molar-refractivity contribution in [1.82, 2.24) is 35.4 Å². The fourth-order valence-electron chi connectivity index (χ4n) is 3.81. The molecule has 3 N–H and O–H groups in total. The second kappa shape index (κ2) is 9.43. The first kappa shape index (κ1) is 20.6. The zero-order valence-electron chi connectivity index (χ0n) is 17.0. The summed E-state index contributed by atoms with van der Waals surface area (Å²) in [5, 5.41) is 14.0. The van der Waals surface area contributed by atoms with Gasteiger partial charge >= 0.3 is 0 Å². The number of hydrogen-bond acceptors (Lipinski definition) is 7. The first-order valence-corrected chi connectivity index (χ1v) is 10.2. The maximum atomic E-state index is 12.9. The van der Waals surface area contributed by atoms with Crippen LogP contribution in [0.3, 0.4) is 0 Å². The maximum absolute atomic E-state index is 12.9. The lowest BCUT2D eigenvalue weighted by Gasteiger charge is -2.26. The molecule has 160 valence electrons. The molecule has 2 atom stereocenters. The van der Waals surface area contributed by atoms with Crippen LogP contribution in [-0.4, -0.2) is 60.5 Å². The minimum atomic E-state index is -0.682. The molecule has 31 heavy (non-hydrogen) atoms. The maximum Gasteiger partial charge on any atom is 0.243 e. The van der Waals surface area contributed by atoms with E-state index < -0.39 is 12.1 Å². The van der Waals surface area contributed by atoms with Gasteiger partial charge in [0.1, 0.15) is 12.4 Å². The van der Waals surface area contributed by atoms with Crippen molar-refractivity contribution < 1.29 is 9.59 Å². The second-order valence-corrected chi connectivity index (χ2v) is 7.43. The van der Waals surface area contributed by atoms with E-state index in [4.69, 9.17) is 5.73 Å². The number of nitrogens with one attached hydrogen (secondary N) is 1. The Morgan fingerprint density at radius 2 is 2.03 bits per heavy atom. The zero-order chi connectivity index (χ0) is 21.6. The van der Waals surface area contributed by atoms with Crippen LogP contribution in [0.5, 0.6) is 0 Å². The summed E-state index contributed by atoms with van der Waals surface area (Å²) in [6.07, 6.45) is 4.92. The fourth-order valence-corrected chi connectivity index (χ4v) is 3.81. The number of pyridine rings is 1. The van der Waals surface area contributed by atoms with Crippen LogP contribution in [0.4, 0.5) is 0 Å². The van der Waals surface area contributed by atoms with E-state index in [9.17, 15) is 9.59 Å². The third kappa shape index (κ3) is 4.75. The number of rotatable bonds is 7. The molecule has 1 aliphatic rings. The lowest BCUT2D eigenvalue weighted by atomic mass is 10.1. The minimum Gasteiger partial charge on any atom is -0.349 e. The van der Waals surface area contributed by atoms with E-state index in [1.54, 1.807) is 17.2 Å². The summed E-state index contributed by atoms with van der Waals surface area (Å²) in [4.78, 5) is 31.8. The van der Waals surface area contributed by atoms with Crippen LogP contribution < -0.4 is 11.1 Å². The lowest BCUT2D eigenvalue weighted by Crippen LogP contribution is -2.51. The summed E-state index contributed by atoms with van der Waals surface area (Å²) in [6, 6.07) is 12.0. The smallest absolute Gasteiger partial charge is 0.243 e. The third-order valence-corrected chi connectivity index (χ3v) is 5.35. The first-order chi connectivity index (χ1) is 15.1. The quantitative estimate of drug-likeness (QED) is 0.559. The Morgan fingerprint density at radius 1 is 1.19 bits per heavy atom. The molecule has 10 nitrogen and oxygen atoms in total. The topological polar surface area (TPSA) is 132 Å². The lowest BCUT2D eigenvalue weighted by molar-refractivity contribution is -0.139. The number of tetrazole rings is 1. The molecule has 10 heteroatoms. The predicted octanol–water partition coefficient (Wildman–Crippen LogP) is 0.235. The summed E-state index contributed by atoms with van der Waals surface area (Å²) in [6.45, 7) is 0.725. The van der Waals surface area contributed by atoms with E-state index in [1.165, 1.54) is 11.0 Å². The normalized spacial score (nSPS) is 16.8. The van der Waals surface area contributed by atoms with Crippen molar-refractivity contribution in [2.24, 2.45) is 5.73 Å². The van der Waals surface area contributed by atoms with Crippen LogP contribution >= 0.6 is 0 Å². The van der Waals surface area contributed by atoms with Gasteiger partial charge in [-0.2, -0.15) is 4.68 Å². The Hall–Kier alpha value is -3.66. The summed E-state index contributed by atoms with van der Waals surface area (Å²) in [5.74, 6) is -0.417. The van der Waals surface area contributed by atoms with Gasteiger partial charge in [-0.05, 0) is 47.4 Å². The Morgan fingerprint density at radius 3 is 2.81 bits per heavy atom. The number of nitrogens with zero attached hydrogens (tertiary/aromatic N) is 6. The molecule has 0 spiro atoms. The molecule has 1 aliphatic heterocycles. The van der Waals surface area contributed by atoms with E-state index in [2.05, 4.69) is 25.8 Å². The molecule has 3 heterocycles. The largest absolute Gasteiger partial charge is 0.349 e. The summed E-state index contributed by atoms with van der Waals surface area (Å²) >= 11 is 0. The molecule has 2 aromatic heterocycles. The highest BCUT2D eigenvalue weighted by molar-refractivity contribution is 5.90. The molecule has 1 aromatic carbocycles. The molecule has 2 unspecified atom stereocenters. The Kier molecular flexibility index (Phi) is 6.27. The average molecular weight is 420 g/mol. The number of aromatic nitrogens is 5. The predicted molar refractivity (Wildman–Crippen MR) is 112 cm³/mol. The molecular formula is C21H24N8O2. The first-order valence-electron chi connectivity index (χ1n) is 10.2. The molecule has 1 fully saturated rings. The Labute approximate surface area is 179 Å². The molecule has 4 rings (SSSR count). The van der Waals surface area contributed by atoms with Gasteiger partial charge in [-0.1, -0.05) is 30.3 Å². The minimum absolute atomic E-state index is 0.198. The van der Waals surface area contributed by atoms with Gasteiger partial charge in [0.15, 0.2) is 0 Å². The van der Waals surface area contributed by atoms with Crippen molar-refractivity contribution >= 4 is 11.8 Å². The van der Waals surface area contributed by atoms with E-state index >= 15 is 0 Å². The monoisotopic (exact) mass is 420 g/mol. The highest BCUT2D eigenvalue weighted by Crippen LogP contribution is 2.19. The second-order valence-electron chi connectivity index (χ2n) is 7.43. The number of carbonyl (C=O) groups excluding carboxylic acids is 2. The highest BCUT2D eigenvalue weighted by Gasteiger charge is 2.36. The standard InChI is InChI=1S/C21H24N8O2/c22-16(12-15-6-2-1-3-7-15)21(31)28-11-5-9-19(28)20(30)24-13-17-18(8-4-10-23-17)29-14-25-26-27-29/h1-4,6-8,10,14,16,19H,5,9,11-13,22H2,(H,24,30). The van der Waals surface area contributed by atoms with Gasteiger partial charge in [-0.3, -0.25) is 14.6 Å². The molecule has 3 aromatic rings. The highest BCUT2D eigenvalue weighted by atomic mass is 16.2. The van der Waals surface area contributed by atoms with E-state index in [-0.39, 0.29) is 18.4 Å². The van der Waals surface area contributed by atoms with Crippen molar-refractivity contribution in [2.45, 2.75) is 37.9 Å². The van der Waals surface area contributed by atoms with Crippen molar-refractivity contribution in [3.8, 4) is 5.69 Å². The summed E-state index contributed by atoms with van der Waals surface area (Å²) in [7, 11) is 0. The Bertz CT molecular complexity index is 1020. The van der Waals surface area contributed by atoms with Gasteiger partial charge < -0.3 is 16.0 Å². The van der Waals surface area contributed by atoms with Gasteiger partial charge in [-0.15, -0.1) is 5.10 Å². The molecule has 0 aliphatic carbocycles. The number of nitrogens with two attached hydrogens (primary N) is 1. The van der Waals surface area contributed by atoms with Gasteiger partial charge in [0.2, 0.25) is 11.8 Å². The van der Waals surface area contributed by atoms with Crippen LogP contribution in [0, 0.1) is 0 Å². The van der Waals surface area contributed by atoms with Crippen molar-refractivity contribution in [1.29, 1.82) is 0 Å². The van der Waals surface area contributed by atoms with Crippen molar-refractivity contribution in [2.75, 3.05) is 6.54 Å². The van der Waals surface area contributed by atoms with Gasteiger partial charge in [-0.25, -0.2) is 0 Å². The average Bonchev–Trinajstić information content (AvgIpc) is 3.50. The molecule has 2 amide bonds. The van der Waals surface area contributed by atoms with Crippen LogP contribution in [0.2, 0.25) is 0 Å². The van der Waals surface area contributed by atoms with Gasteiger partial charge in [0.05, 0.1) is 24.0 Å². The van der Waals surface area contributed by atoms with Crippen molar-refractivity contribution in [3.05, 3.63) is 66.2 Å². The van der Waals surface area contributed by atoms with Crippen molar-refractivity contribution in [3.63, 3.8) is 0 Å². The third-order valence-electron chi connectivity index (χ3n) is 5.35. The van der Waals surface area contributed by atoms with E-state index in [0.29, 0.717) is 30.8 Å². The molecule has 0 saturated carbocycles. The van der Waals surface area contributed by atoms with Crippen LogP contribution in [0.1, 0.15) is 24.1 Å². The van der Waals surface area contributed by atoms with Crippen LogP contribution in [0.15, 0.2) is 55.0 Å². The number of hydrogen-bond donors (Lipinski definition) is 2. The van der Waals surface area contributed by atoms with Gasteiger partial charge in [0.25, 0.3) is 0 Å². The number of likely N-dealkylation sites (tertiary alicyclic amines) is 1. The summed E-state index contributed by atoms with van der Waals surface area (Å²) in [5.41, 5.74) is 8.47. The zero-order valence-corrected chi connectivity index (χ0v) is 17.0. The number of carbonyl (C=O) groups is 2.